The fourth-order valence-corrected chi connectivity index (χ4v) is 7.84. The third kappa shape index (κ3) is 3.98. The largest absolute Gasteiger partial charge is 0.354 e. The molecule has 3 heterocycles. The number of aryl methyl sites for hydroxylation is 1. The first kappa shape index (κ1) is 24.8. The number of benzene rings is 2. The molecular weight excluding hydrogens is 576 g/mol. The summed E-state index contributed by atoms with van der Waals surface area (Å²) in [6.07, 6.45) is 0.249. The van der Waals surface area contributed by atoms with E-state index < -0.39 is 37.2 Å². The first-order valence-corrected chi connectivity index (χ1v) is 14.3. The first-order valence-electron chi connectivity index (χ1n) is 10.7. The molecule has 14 heteroatoms. The van der Waals surface area contributed by atoms with Crippen LogP contribution in [0.25, 0.3) is 0 Å². The normalized spacial score (nSPS) is 20.1. The highest BCUT2D eigenvalue weighted by atomic mass is 79.9. The summed E-state index contributed by atoms with van der Waals surface area (Å²) in [5, 5.41) is 11.0. The molecule has 2 atom stereocenters. The summed E-state index contributed by atoms with van der Waals surface area (Å²) in [6.45, 7) is 1.73. The predicted octanol–water partition coefficient (Wildman–Crippen LogP) is 3.36. The number of rotatable bonds is 5. The maximum atomic E-state index is 13.8. The lowest BCUT2D eigenvalue weighted by Gasteiger charge is -2.39. The van der Waals surface area contributed by atoms with E-state index in [2.05, 4.69) is 20.9 Å². The molecule has 1 saturated heterocycles. The van der Waals surface area contributed by atoms with Gasteiger partial charge in [0.25, 0.3) is 15.7 Å². The molecule has 0 bridgehead atoms. The van der Waals surface area contributed by atoms with E-state index in [-0.39, 0.29) is 34.3 Å². The van der Waals surface area contributed by atoms with Crippen LogP contribution in [0.1, 0.15) is 17.2 Å². The third-order valence-electron chi connectivity index (χ3n) is 6.08. The molecule has 0 saturated carbocycles. The van der Waals surface area contributed by atoms with E-state index in [4.69, 9.17) is 4.74 Å². The molecule has 188 valence electrons. The number of morpholine rings is 1. The number of sulfonamides is 2. The minimum atomic E-state index is -4.18. The summed E-state index contributed by atoms with van der Waals surface area (Å²) in [4.78, 5) is 14.5. The Hall–Kier alpha value is -2.91. The minimum Gasteiger partial charge on any atom is -0.354 e. The Labute approximate surface area is 215 Å². The zero-order valence-electron chi connectivity index (χ0n) is 18.7. The first-order chi connectivity index (χ1) is 17.0. The standard InChI is InChI=1S/C22H19BrN4O7S2/c1-14-2-6-17(7-3-14)36(32,33)26-19-12-20(23)24-13-18(19)21-22(26)34-11-10-25(21)35(30,31)16-8-4-15(5-9-16)27(28)29/h2-9,12-13,21-22H,10-11H2,1H3/t21-,22-/m1/s1. The quantitative estimate of drug-likeness (QED) is 0.249. The average Bonchev–Trinajstić information content (AvgIpc) is 3.18. The highest BCUT2D eigenvalue weighted by Gasteiger charge is 2.53. The second kappa shape index (κ2) is 8.88. The minimum absolute atomic E-state index is 0.0339. The van der Waals surface area contributed by atoms with Gasteiger partial charge in [0, 0.05) is 30.4 Å². The number of nitro benzene ring substituents is 1. The molecule has 0 unspecified atom stereocenters. The van der Waals surface area contributed by atoms with Crippen molar-refractivity contribution >= 4 is 47.4 Å². The van der Waals surface area contributed by atoms with Gasteiger partial charge in [-0.25, -0.2) is 26.1 Å². The fraction of sp³-hybridized carbons (Fsp3) is 0.227. The molecule has 1 aromatic heterocycles. The molecule has 2 aliphatic rings. The van der Waals surface area contributed by atoms with Gasteiger partial charge in [0.15, 0.2) is 6.23 Å². The summed E-state index contributed by atoms with van der Waals surface area (Å²) in [6, 6.07) is 11.4. The molecule has 0 radical (unpaired) electrons. The summed E-state index contributed by atoms with van der Waals surface area (Å²) in [5.74, 6) is 0. The molecule has 0 N–H and O–H groups in total. The Morgan fingerprint density at radius 1 is 1.03 bits per heavy atom. The van der Waals surface area contributed by atoms with Crippen molar-refractivity contribution in [1.29, 1.82) is 0 Å². The summed E-state index contributed by atoms with van der Waals surface area (Å²) >= 11 is 3.27. The van der Waals surface area contributed by atoms with Crippen LogP contribution in [0.4, 0.5) is 11.4 Å². The summed E-state index contributed by atoms with van der Waals surface area (Å²) in [7, 11) is -8.32. The van der Waals surface area contributed by atoms with Crippen LogP contribution in [0.5, 0.6) is 0 Å². The number of halogens is 1. The number of nitro groups is 1. The van der Waals surface area contributed by atoms with Crippen molar-refractivity contribution in [3.05, 3.63) is 86.6 Å². The van der Waals surface area contributed by atoms with Gasteiger partial charge in [-0.15, -0.1) is 0 Å². The van der Waals surface area contributed by atoms with Gasteiger partial charge in [0.05, 0.1) is 33.1 Å². The van der Waals surface area contributed by atoms with E-state index in [0.717, 1.165) is 34.1 Å². The van der Waals surface area contributed by atoms with Gasteiger partial charge in [-0.05, 0) is 53.2 Å². The second-order valence-corrected chi connectivity index (χ2v) is 12.8. The van der Waals surface area contributed by atoms with E-state index in [0.29, 0.717) is 10.2 Å². The van der Waals surface area contributed by atoms with Crippen molar-refractivity contribution < 1.29 is 26.5 Å². The monoisotopic (exact) mass is 594 g/mol. The maximum Gasteiger partial charge on any atom is 0.269 e. The third-order valence-corrected chi connectivity index (χ3v) is 10.2. The summed E-state index contributed by atoms with van der Waals surface area (Å²) in [5.41, 5.74) is 1.25. The number of aromatic nitrogens is 1. The van der Waals surface area contributed by atoms with Gasteiger partial charge in [0.2, 0.25) is 10.0 Å². The number of nitrogens with zero attached hydrogens (tertiary/aromatic N) is 4. The van der Waals surface area contributed by atoms with Crippen LogP contribution in [0.2, 0.25) is 0 Å². The smallest absolute Gasteiger partial charge is 0.269 e. The van der Waals surface area contributed by atoms with Gasteiger partial charge in [-0.3, -0.25) is 10.1 Å². The van der Waals surface area contributed by atoms with Crippen LogP contribution in [0, 0.1) is 17.0 Å². The zero-order valence-corrected chi connectivity index (χ0v) is 21.9. The number of pyridine rings is 1. The van der Waals surface area contributed by atoms with E-state index >= 15 is 0 Å². The topological polar surface area (TPSA) is 140 Å². The Bertz CT molecular complexity index is 1560. The highest BCUT2D eigenvalue weighted by Crippen LogP contribution is 2.49. The lowest BCUT2D eigenvalue weighted by Crippen LogP contribution is -2.52. The number of hydrogen-bond donors (Lipinski definition) is 0. The van der Waals surface area contributed by atoms with Gasteiger partial charge in [-0.1, -0.05) is 17.7 Å². The van der Waals surface area contributed by atoms with Gasteiger partial charge >= 0.3 is 0 Å². The second-order valence-electron chi connectivity index (χ2n) is 8.25. The molecule has 2 aromatic carbocycles. The van der Waals surface area contributed by atoms with Crippen molar-refractivity contribution in [2.75, 3.05) is 17.5 Å². The Balaban J connectivity index is 1.62. The van der Waals surface area contributed by atoms with Crippen LogP contribution in [-0.2, 0) is 24.8 Å². The van der Waals surface area contributed by atoms with Gasteiger partial charge in [0.1, 0.15) is 4.60 Å². The lowest BCUT2D eigenvalue weighted by molar-refractivity contribution is -0.384. The molecular formula is C22H19BrN4O7S2. The molecule has 11 nitrogen and oxygen atoms in total. The van der Waals surface area contributed by atoms with E-state index in [1.807, 2.05) is 6.92 Å². The molecule has 5 rings (SSSR count). The number of fused-ring (bicyclic) bond motifs is 3. The number of anilines is 1. The Kier molecular flexibility index (Phi) is 6.11. The molecule has 1 fully saturated rings. The Morgan fingerprint density at radius 3 is 2.28 bits per heavy atom. The van der Waals surface area contributed by atoms with Crippen molar-refractivity contribution in [3.8, 4) is 0 Å². The van der Waals surface area contributed by atoms with Crippen LogP contribution in [0.3, 0.4) is 0 Å². The Morgan fingerprint density at radius 2 is 1.64 bits per heavy atom. The summed E-state index contributed by atoms with van der Waals surface area (Å²) < 4.78 is 63.4. The SMILES string of the molecule is Cc1ccc(S(=O)(=O)N2c3cc(Br)ncc3[C@@H]3[C@H]2OCCN3S(=O)(=O)c2ccc([N+](=O)[O-])cc2)cc1. The van der Waals surface area contributed by atoms with Gasteiger partial charge in [-0.2, -0.15) is 4.31 Å². The molecule has 2 aliphatic heterocycles. The highest BCUT2D eigenvalue weighted by molar-refractivity contribution is 9.10. The fourth-order valence-electron chi connectivity index (χ4n) is 4.36. The zero-order chi connectivity index (χ0) is 25.8. The lowest BCUT2D eigenvalue weighted by atomic mass is 10.1. The maximum absolute atomic E-state index is 13.8. The van der Waals surface area contributed by atoms with Crippen LogP contribution >= 0.6 is 15.9 Å². The molecule has 0 aliphatic carbocycles. The number of non-ortho nitro benzene ring substituents is 1. The molecule has 0 amide bonds. The number of ether oxygens (including phenoxy) is 1. The average molecular weight is 595 g/mol. The van der Waals surface area contributed by atoms with E-state index in [1.54, 1.807) is 12.1 Å². The van der Waals surface area contributed by atoms with Crippen molar-refractivity contribution in [1.82, 2.24) is 9.29 Å². The van der Waals surface area contributed by atoms with Crippen molar-refractivity contribution in [2.24, 2.45) is 0 Å². The van der Waals surface area contributed by atoms with E-state index in [1.165, 1.54) is 28.7 Å². The van der Waals surface area contributed by atoms with Crippen LogP contribution in [-0.4, -0.2) is 50.4 Å². The molecule has 3 aromatic rings. The molecule has 0 spiro atoms. The van der Waals surface area contributed by atoms with Crippen LogP contribution < -0.4 is 4.31 Å². The number of hydrogen-bond acceptors (Lipinski definition) is 8. The van der Waals surface area contributed by atoms with Crippen molar-refractivity contribution in [2.45, 2.75) is 29.0 Å². The van der Waals surface area contributed by atoms with Crippen LogP contribution in [0.15, 0.2) is 75.2 Å². The molecule has 36 heavy (non-hydrogen) atoms. The van der Waals surface area contributed by atoms with Crippen molar-refractivity contribution in [3.63, 3.8) is 0 Å². The van der Waals surface area contributed by atoms with Gasteiger partial charge < -0.3 is 4.74 Å². The predicted molar refractivity (Wildman–Crippen MR) is 132 cm³/mol. The van der Waals surface area contributed by atoms with E-state index in [9.17, 15) is 26.9 Å².